The van der Waals surface area contributed by atoms with Gasteiger partial charge in [0.15, 0.2) is 0 Å². The summed E-state index contributed by atoms with van der Waals surface area (Å²) in [5, 5.41) is 14.5. The highest BCUT2D eigenvalue weighted by molar-refractivity contribution is 5.79. The number of benzene rings is 1. The van der Waals surface area contributed by atoms with Crippen molar-refractivity contribution in [3.63, 3.8) is 0 Å². The highest BCUT2D eigenvalue weighted by atomic mass is 16.1. The summed E-state index contributed by atoms with van der Waals surface area (Å²) in [5.41, 5.74) is 5.05. The SMILES string of the molecule is CCCCc1cn(C2CCCCCCC2(C)C)c(=O)n1Cc1ccc(-c2ccccc2-c2nn[nH]n2)cn1. The van der Waals surface area contributed by atoms with Crippen molar-refractivity contribution in [3.8, 4) is 22.5 Å². The molecule has 3 aromatic heterocycles. The van der Waals surface area contributed by atoms with Gasteiger partial charge >= 0.3 is 5.69 Å². The predicted molar refractivity (Wildman–Crippen MR) is 150 cm³/mol. The normalized spacial score (nSPS) is 17.7. The van der Waals surface area contributed by atoms with Gasteiger partial charge in [0, 0.05) is 35.3 Å². The summed E-state index contributed by atoms with van der Waals surface area (Å²) >= 11 is 0. The molecule has 5 rings (SSSR count). The zero-order chi connectivity index (χ0) is 26.5. The van der Waals surface area contributed by atoms with E-state index in [9.17, 15) is 4.79 Å². The van der Waals surface area contributed by atoms with Crippen LogP contribution in [0.5, 0.6) is 0 Å². The van der Waals surface area contributed by atoms with Crippen molar-refractivity contribution in [2.24, 2.45) is 5.41 Å². The first-order chi connectivity index (χ1) is 18.5. The molecule has 1 atom stereocenters. The third kappa shape index (κ3) is 5.49. The number of nitrogens with zero attached hydrogens (tertiary/aromatic N) is 6. The van der Waals surface area contributed by atoms with Crippen molar-refractivity contribution in [1.82, 2.24) is 34.7 Å². The quantitative estimate of drug-likeness (QED) is 0.302. The highest BCUT2D eigenvalue weighted by Crippen LogP contribution is 2.41. The summed E-state index contributed by atoms with van der Waals surface area (Å²) < 4.78 is 4.02. The van der Waals surface area contributed by atoms with Crippen LogP contribution < -0.4 is 5.69 Å². The van der Waals surface area contributed by atoms with Crippen molar-refractivity contribution < 1.29 is 0 Å². The predicted octanol–water partition coefficient (Wildman–Crippen LogP) is 6.20. The number of hydrogen-bond donors (Lipinski definition) is 1. The molecule has 1 fully saturated rings. The summed E-state index contributed by atoms with van der Waals surface area (Å²) in [4.78, 5) is 18.7. The molecule has 1 aliphatic carbocycles. The van der Waals surface area contributed by atoms with Crippen LogP contribution in [0.1, 0.15) is 89.6 Å². The number of nitrogens with one attached hydrogen (secondary N) is 1. The maximum atomic E-state index is 13.9. The Labute approximate surface area is 224 Å². The maximum absolute atomic E-state index is 13.9. The van der Waals surface area contributed by atoms with E-state index >= 15 is 0 Å². The third-order valence-corrected chi connectivity index (χ3v) is 8.13. The molecule has 38 heavy (non-hydrogen) atoms. The number of H-pyrrole nitrogens is 1. The Morgan fingerprint density at radius 1 is 1.05 bits per heavy atom. The summed E-state index contributed by atoms with van der Waals surface area (Å²) in [7, 11) is 0. The van der Waals surface area contributed by atoms with Crippen LogP contribution in [0.4, 0.5) is 0 Å². The summed E-state index contributed by atoms with van der Waals surface area (Å²) in [5.74, 6) is 0.551. The third-order valence-electron chi connectivity index (χ3n) is 8.13. The van der Waals surface area contributed by atoms with E-state index in [2.05, 4.69) is 58.2 Å². The molecule has 0 bridgehead atoms. The van der Waals surface area contributed by atoms with Crippen LogP contribution in [0.3, 0.4) is 0 Å². The second-order valence-corrected chi connectivity index (χ2v) is 11.3. The first-order valence-electron chi connectivity index (χ1n) is 14.1. The molecule has 0 amide bonds. The fraction of sp³-hybridized carbons (Fsp3) is 0.500. The smallest absolute Gasteiger partial charge is 0.295 e. The van der Waals surface area contributed by atoms with Gasteiger partial charge in [-0.25, -0.2) is 4.79 Å². The summed E-state index contributed by atoms with van der Waals surface area (Å²) in [6.45, 7) is 7.35. The zero-order valence-electron chi connectivity index (χ0n) is 22.9. The van der Waals surface area contributed by atoms with Gasteiger partial charge in [-0.15, -0.1) is 10.2 Å². The van der Waals surface area contributed by atoms with E-state index < -0.39 is 0 Å². The van der Waals surface area contributed by atoms with E-state index in [-0.39, 0.29) is 17.1 Å². The van der Waals surface area contributed by atoms with E-state index in [0.29, 0.717) is 12.4 Å². The van der Waals surface area contributed by atoms with E-state index in [4.69, 9.17) is 4.98 Å². The van der Waals surface area contributed by atoms with Crippen molar-refractivity contribution in [3.05, 3.63) is 70.7 Å². The number of pyridine rings is 1. The number of tetrazole rings is 1. The lowest BCUT2D eigenvalue weighted by atomic mass is 9.75. The van der Waals surface area contributed by atoms with E-state index in [1.54, 1.807) is 0 Å². The Morgan fingerprint density at radius 2 is 1.87 bits per heavy atom. The van der Waals surface area contributed by atoms with Gasteiger partial charge in [-0.2, -0.15) is 5.21 Å². The Hall–Kier alpha value is -3.55. The van der Waals surface area contributed by atoms with Gasteiger partial charge in [-0.3, -0.25) is 14.1 Å². The minimum absolute atomic E-state index is 0.100. The molecule has 0 spiro atoms. The molecule has 0 saturated heterocycles. The summed E-state index contributed by atoms with van der Waals surface area (Å²) in [6, 6.07) is 12.3. The number of unbranched alkanes of at least 4 members (excludes halogenated alkanes) is 1. The lowest BCUT2D eigenvalue weighted by Gasteiger charge is -2.36. The Kier molecular flexibility index (Phi) is 7.86. The highest BCUT2D eigenvalue weighted by Gasteiger charge is 2.33. The molecule has 8 nitrogen and oxygen atoms in total. The largest absolute Gasteiger partial charge is 0.328 e. The Morgan fingerprint density at radius 3 is 2.61 bits per heavy atom. The van der Waals surface area contributed by atoms with Crippen LogP contribution in [-0.2, 0) is 13.0 Å². The minimum Gasteiger partial charge on any atom is -0.295 e. The molecule has 1 saturated carbocycles. The van der Waals surface area contributed by atoms with Crippen LogP contribution in [0.15, 0.2) is 53.6 Å². The van der Waals surface area contributed by atoms with Gasteiger partial charge in [0.05, 0.1) is 12.2 Å². The van der Waals surface area contributed by atoms with Gasteiger partial charge < -0.3 is 0 Å². The van der Waals surface area contributed by atoms with Crippen molar-refractivity contribution in [2.45, 2.75) is 91.1 Å². The number of aromatic amines is 1. The first-order valence-corrected chi connectivity index (χ1v) is 14.1. The van der Waals surface area contributed by atoms with Crippen molar-refractivity contribution in [1.29, 1.82) is 0 Å². The summed E-state index contributed by atoms with van der Waals surface area (Å²) in [6.07, 6.45) is 14.3. The fourth-order valence-electron chi connectivity index (χ4n) is 5.89. The van der Waals surface area contributed by atoms with E-state index in [1.165, 1.54) is 25.7 Å². The molecule has 200 valence electrons. The maximum Gasteiger partial charge on any atom is 0.328 e. The Balaban J connectivity index is 1.45. The van der Waals surface area contributed by atoms with Crippen LogP contribution >= 0.6 is 0 Å². The van der Waals surface area contributed by atoms with Gasteiger partial charge in [0.2, 0.25) is 5.82 Å². The van der Waals surface area contributed by atoms with Crippen LogP contribution in [0.2, 0.25) is 0 Å². The topological polar surface area (TPSA) is 94.3 Å². The molecule has 3 heterocycles. The molecule has 0 aliphatic heterocycles. The number of hydrogen-bond acceptors (Lipinski definition) is 5. The lowest BCUT2D eigenvalue weighted by Crippen LogP contribution is -2.36. The second-order valence-electron chi connectivity index (χ2n) is 11.3. The molecular weight excluding hydrogens is 474 g/mol. The van der Waals surface area contributed by atoms with Crippen LogP contribution in [-0.4, -0.2) is 34.7 Å². The molecule has 1 aliphatic rings. The number of imidazole rings is 1. The van der Waals surface area contributed by atoms with Gasteiger partial charge in [0.1, 0.15) is 0 Å². The molecule has 1 unspecified atom stereocenters. The van der Waals surface area contributed by atoms with Crippen molar-refractivity contribution in [2.75, 3.05) is 0 Å². The zero-order valence-corrected chi connectivity index (χ0v) is 22.9. The van der Waals surface area contributed by atoms with E-state index in [0.717, 1.165) is 60.2 Å². The first kappa shape index (κ1) is 26.1. The standard InChI is InChI=1S/C30H39N7O/c1-4-5-12-24-21-37(27-15-8-6-7-11-18-30(27,2)3)29(38)36(24)20-23-17-16-22(19-31-23)25-13-9-10-14-26(25)28-32-34-35-33-28/h9-10,13-14,16-17,19,21,27H,4-8,11-12,15,18,20H2,1-3H3,(H,32,33,34,35). The molecule has 4 aromatic rings. The van der Waals surface area contributed by atoms with Crippen molar-refractivity contribution >= 4 is 0 Å². The average Bonchev–Trinajstić information content (AvgIpc) is 3.55. The average molecular weight is 514 g/mol. The second kappa shape index (κ2) is 11.5. The molecule has 1 N–H and O–H groups in total. The van der Waals surface area contributed by atoms with E-state index in [1.807, 2.05) is 41.1 Å². The Bertz CT molecular complexity index is 1380. The monoisotopic (exact) mass is 513 g/mol. The van der Waals surface area contributed by atoms with Gasteiger partial charge in [0.25, 0.3) is 0 Å². The van der Waals surface area contributed by atoms with Crippen LogP contribution in [0.25, 0.3) is 22.5 Å². The fourth-order valence-corrected chi connectivity index (χ4v) is 5.89. The number of aryl methyl sites for hydroxylation is 1. The van der Waals surface area contributed by atoms with Gasteiger partial charge in [-0.1, -0.05) is 83.2 Å². The molecule has 1 aromatic carbocycles. The lowest BCUT2D eigenvalue weighted by molar-refractivity contribution is 0.162. The minimum atomic E-state index is 0.100. The number of rotatable bonds is 8. The molecule has 8 heteroatoms. The number of aromatic nitrogens is 7. The molecular formula is C30H39N7O. The van der Waals surface area contributed by atoms with Gasteiger partial charge in [-0.05, 0) is 47.9 Å². The van der Waals surface area contributed by atoms with Crippen LogP contribution in [0, 0.1) is 5.41 Å². The molecule has 0 radical (unpaired) electrons.